The average Bonchev–Trinajstić information content (AvgIpc) is 2.86. The molecule has 0 aliphatic heterocycles. The topological polar surface area (TPSA) is 102 Å². The number of nitrogens with one attached hydrogen (secondary N) is 2. The third kappa shape index (κ3) is 6.41. The van der Waals surface area contributed by atoms with Crippen LogP contribution in [0.25, 0.3) is 0 Å². The Morgan fingerprint density at radius 2 is 1.86 bits per heavy atom. The zero-order chi connectivity index (χ0) is 20.7. The van der Waals surface area contributed by atoms with Gasteiger partial charge in [0.1, 0.15) is 0 Å². The molecule has 150 valence electrons. The molecule has 0 radical (unpaired) electrons. The molecule has 28 heavy (non-hydrogen) atoms. The summed E-state index contributed by atoms with van der Waals surface area (Å²) in [5.74, 6) is -1.09. The standard InChI is InChI=1S/C19H24N4O4S/c1-12-6-5-7-15(8-12)20-17(25)10-28-11-18(26)27-9-16(24)21-19-13(2)22-23(4)14(19)3/h5-8H,9-11H2,1-4H3,(H,20,25)(H,21,24). The first kappa shape index (κ1) is 21.5. The Balaban J connectivity index is 1.67. The molecule has 0 unspecified atom stereocenters. The minimum Gasteiger partial charge on any atom is -0.455 e. The fourth-order valence-electron chi connectivity index (χ4n) is 2.46. The molecule has 0 fully saturated rings. The van der Waals surface area contributed by atoms with Crippen molar-refractivity contribution in [1.29, 1.82) is 0 Å². The largest absolute Gasteiger partial charge is 0.455 e. The first-order valence-corrected chi connectivity index (χ1v) is 9.81. The van der Waals surface area contributed by atoms with Gasteiger partial charge in [0.05, 0.1) is 28.6 Å². The van der Waals surface area contributed by atoms with Crippen LogP contribution in [0.1, 0.15) is 17.0 Å². The summed E-state index contributed by atoms with van der Waals surface area (Å²) in [4.78, 5) is 35.6. The number of ether oxygens (including phenoxy) is 1. The first-order chi connectivity index (χ1) is 13.3. The molecule has 9 heteroatoms. The van der Waals surface area contributed by atoms with E-state index in [2.05, 4.69) is 15.7 Å². The summed E-state index contributed by atoms with van der Waals surface area (Å²) in [6.07, 6.45) is 0. The second-order valence-electron chi connectivity index (χ2n) is 6.29. The van der Waals surface area contributed by atoms with Gasteiger partial charge in [0.15, 0.2) is 6.61 Å². The number of aromatic nitrogens is 2. The highest BCUT2D eigenvalue weighted by molar-refractivity contribution is 8.00. The zero-order valence-corrected chi connectivity index (χ0v) is 17.2. The predicted octanol–water partition coefficient (Wildman–Crippen LogP) is 2.20. The smallest absolute Gasteiger partial charge is 0.316 e. The van der Waals surface area contributed by atoms with Gasteiger partial charge in [-0.2, -0.15) is 5.10 Å². The van der Waals surface area contributed by atoms with Crippen molar-refractivity contribution in [1.82, 2.24) is 9.78 Å². The summed E-state index contributed by atoms with van der Waals surface area (Å²) in [6.45, 7) is 5.17. The highest BCUT2D eigenvalue weighted by Gasteiger charge is 2.14. The Bertz CT molecular complexity index is 879. The van der Waals surface area contributed by atoms with Crippen molar-refractivity contribution in [3.63, 3.8) is 0 Å². The molecule has 2 amide bonds. The molecule has 2 rings (SSSR count). The maximum absolute atomic E-state index is 11.9. The fraction of sp³-hybridized carbons (Fsp3) is 0.368. The number of nitrogens with zero attached hydrogens (tertiary/aromatic N) is 2. The van der Waals surface area contributed by atoms with E-state index in [0.29, 0.717) is 17.1 Å². The van der Waals surface area contributed by atoms with E-state index in [1.54, 1.807) is 24.7 Å². The molecule has 0 atom stereocenters. The molecule has 0 saturated heterocycles. The number of hydrogen-bond donors (Lipinski definition) is 2. The van der Waals surface area contributed by atoms with Gasteiger partial charge in [-0.05, 0) is 38.5 Å². The molecule has 0 spiro atoms. The zero-order valence-electron chi connectivity index (χ0n) is 16.4. The quantitative estimate of drug-likeness (QED) is 0.654. The monoisotopic (exact) mass is 404 g/mol. The molecule has 0 aliphatic carbocycles. The van der Waals surface area contributed by atoms with Crippen LogP contribution in [0.2, 0.25) is 0 Å². The van der Waals surface area contributed by atoms with E-state index >= 15 is 0 Å². The number of carbonyl (C=O) groups excluding carboxylic acids is 3. The summed E-state index contributed by atoms with van der Waals surface area (Å²) >= 11 is 1.13. The van der Waals surface area contributed by atoms with Crippen LogP contribution in [0.3, 0.4) is 0 Å². The minimum absolute atomic E-state index is 0.0144. The van der Waals surface area contributed by atoms with Gasteiger partial charge in [-0.15, -0.1) is 11.8 Å². The molecule has 0 bridgehead atoms. The number of carbonyl (C=O) groups is 3. The lowest BCUT2D eigenvalue weighted by Gasteiger charge is -2.08. The molecule has 1 heterocycles. The Hall–Kier alpha value is -2.81. The average molecular weight is 404 g/mol. The van der Waals surface area contributed by atoms with E-state index in [1.807, 2.05) is 32.0 Å². The molecule has 0 saturated carbocycles. The number of aryl methyl sites for hydroxylation is 3. The Labute approximate surface area is 168 Å². The van der Waals surface area contributed by atoms with E-state index in [4.69, 9.17) is 4.74 Å². The van der Waals surface area contributed by atoms with Crippen LogP contribution in [0.4, 0.5) is 11.4 Å². The van der Waals surface area contributed by atoms with Gasteiger partial charge in [0, 0.05) is 12.7 Å². The van der Waals surface area contributed by atoms with Crippen LogP contribution in [0.5, 0.6) is 0 Å². The number of rotatable bonds is 8. The van der Waals surface area contributed by atoms with Gasteiger partial charge >= 0.3 is 5.97 Å². The molecule has 1 aromatic heterocycles. The van der Waals surface area contributed by atoms with Crippen LogP contribution >= 0.6 is 11.8 Å². The summed E-state index contributed by atoms with van der Waals surface area (Å²) in [5.41, 5.74) is 3.88. The highest BCUT2D eigenvalue weighted by Crippen LogP contribution is 2.18. The number of thioether (sulfide) groups is 1. The molecule has 2 aromatic rings. The lowest BCUT2D eigenvalue weighted by molar-refractivity contribution is -0.144. The number of anilines is 2. The summed E-state index contributed by atoms with van der Waals surface area (Å²) in [7, 11) is 1.78. The van der Waals surface area contributed by atoms with Crippen molar-refractivity contribution in [2.24, 2.45) is 7.05 Å². The molecule has 0 aliphatic rings. The second-order valence-corrected chi connectivity index (χ2v) is 7.27. The van der Waals surface area contributed by atoms with Crippen molar-refractivity contribution in [3.8, 4) is 0 Å². The molecular formula is C19H24N4O4S. The lowest BCUT2D eigenvalue weighted by atomic mass is 10.2. The van der Waals surface area contributed by atoms with Crippen molar-refractivity contribution >= 4 is 40.9 Å². The number of benzene rings is 1. The van der Waals surface area contributed by atoms with Crippen LogP contribution in [-0.4, -0.2) is 45.7 Å². The van der Waals surface area contributed by atoms with Gasteiger partial charge in [0.2, 0.25) is 5.91 Å². The Morgan fingerprint density at radius 3 is 2.50 bits per heavy atom. The first-order valence-electron chi connectivity index (χ1n) is 8.66. The van der Waals surface area contributed by atoms with Gasteiger partial charge in [-0.3, -0.25) is 19.1 Å². The van der Waals surface area contributed by atoms with E-state index in [-0.39, 0.29) is 24.0 Å². The minimum atomic E-state index is -0.553. The van der Waals surface area contributed by atoms with Crippen LogP contribution < -0.4 is 10.6 Å². The van der Waals surface area contributed by atoms with Gasteiger partial charge < -0.3 is 15.4 Å². The maximum atomic E-state index is 11.9. The van der Waals surface area contributed by atoms with Crippen molar-refractivity contribution in [2.45, 2.75) is 20.8 Å². The predicted molar refractivity (Wildman–Crippen MR) is 109 cm³/mol. The number of esters is 1. The fourth-order valence-corrected chi connectivity index (χ4v) is 3.07. The normalized spacial score (nSPS) is 10.4. The third-order valence-electron chi connectivity index (χ3n) is 3.89. The number of amides is 2. The van der Waals surface area contributed by atoms with Gasteiger partial charge in [0.25, 0.3) is 5.91 Å². The molecular weight excluding hydrogens is 380 g/mol. The van der Waals surface area contributed by atoms with Gasteiger partial charge in [-0.1, -0.05) is 12.1 Å². The van der Waals surface area contributed by atoms with E-state index < -0.39 is 11.9 Å². The van der Waals surface area contributed by atoms with E-state index in [1.165, 1.54) is 0 Å². The van der Waals surface area contributed by atoms with E-state index in [9.17, 15) is 14.4 Å². The summed E-state index contributed by atoms with van der Waals surface area (Å²) in [5, 5.41) is 9.66. The molecule has 1 aromatic carbocycles. The SMILES string of the molecule is Cc1cccc(NC(=O)CSCC(=O)OCC(=O)Nc2c(C)nn(C)c2C)c1. The van der Waals surface area contributed by atoms with Crippen LogP contribution in [0.15, 0.2) is 24.3 Å². The van der Waals surface area contributed by atoms with Gasteiger partial charge in [-0.25, -0.2) is 0 Å². The summed E-state index contributed by atoms with van der Waals surface area (Å²) in [6, 6.07) is 7.46. The third-order valence-corrected chi connectivity index (χ3v) is 4.80. The highest BCUT2D eigenvalue weighted by atomic mass is 32.2. The van der Waals surface area contributed by atoms with E-state index in [0.717, 1.165) is 23.0 Å². The van der Waals surface area contributed by atoms with Crippen LogP contribution in [0, 0.1) is 20.8 Å². The van der Waals surface area contributed by atoms with Crippen LogP contribution in [-0.2, 0) is 26.2 Å². The van der Waals surface area contributed by atoms with Crippen molar-refractivity contribution < 1.29 is 19.1 Å². The Morgan fingerprint density at radius 1 is 1.11 bits per heavy atom. The molecule has 8 nitrogen and oxygen atoms in total. The van der Waals surface area contributed by atoms with Crippen molar-refractivity contribution in [2.75, 3.05) is 28.7 Å². The lowest BCUT2D eigenvalue weighted by Crippen LogP contribution is -2.22. The maximum Gasteiger partial charge on any atom is 0.316 e. The van der Waals surface area contributed by atoms with Crippen molar-refractivity contribution in [3.05, 3.63) is 41.2 Å². The Kier molecular flexibility index (Phi) is 7.62. The number of hydrogen-bond acceptors (Lipinski definition) is 6. The second kappa shape index (κ2) is 9.93. The molecule has 2 N–H and O–H groups in total. The summed E-state index contributed by atoms with van der Waals surface area (Å²) < 4.78 is 6.61.